The highest BCUT2D eigenvalue weighted by Crippen LogP contribution is 2.30. The van der Waals surface area contributed by atoms with E-state index >= 15 is 0 Å². The zero-order valence-corrected chi connectivity index (χ0v) is 18.3. The van der Waals surface area contributed by atoms with E-state index in [1.54, 1.807) is 42.5 Å². The largest absolute Gasteiger partial charge is 0.379 e. The predicted molar refractivity (Wildman–Crippen MR) is 117 cm³/mol. The second-order valence-corrected chi connectivity index (χ2v) is 10.0. The van der Waals surface area contributed by atoms with Crippen LogP contribution in [-0.4, -0.2) is 44.0 Å². The van der Waals surface area contributed by atoms with Crippen LogP contribution in [0.15, 0.2) is 52.7 Å². The van der Waals surface area contributed by atoms with Crippen molar-refractivity contribution in [2.45, 2.75) is 4.90 Å². The number of ether oxygens (including phenoxy) is 1. The number of anilines is 2. The molecular weight excluding hydrogens is 453 g/mol. The first-order valence-electron chi connectivity index (χ1n) is 8.79. The van der Waals surface area contributed by atoms with Gasteiger partial charge in [-0.2, -0.15) is 4.31 Å². The summed E-state index contributed by atoms with van der Waals surface area (Å²) in [5.41, 5.74) is 2.33. The second-order valence-electron chi connectivity index (χ2n) is 6.36. The van der Waals surface area contributed by atoms with Gasteiger partial charge in [-0.3, -0.25) is 0 Å². The molecule has 1 N–H and O–H groups in total. The van der Waals surface area contributed by atoms with Gasteiger partial charge in [-0.15, -0.1) is 11.3 Å². The molecule has 10 heteroatoms. The normalized spacial score (nSPS) is 15.4. The lowest BCUT2D eigenvalue weighted by molar-refractivity contribution is 0.0730. The van der Waals surface area contributed by atoms with Crippen molar-refractivity contribution in [3.05, 3.63) is 57.9 Å². The number of sulfonamides is 1. The first-order chi connectivity index (χ1) is 13.9. The summed E-state index contributed by atoms with van der Waals surface area (Å²) in [6, 6.07) is 11.9. The van der Waals surface area contributed by atoms with Gasteiger partial charge in [0.2, 0.25) is 10.0 Å². The molecule has 0 saturated carbocycles. The van der Waals surface area contributed by atoms with E-state index in [1.165, 1.54) is 15.6 Å². The van der Waals surface area contributed by atoms with Crippen LogP contribution in [0, 0.1) is 0 Å². The third kappa shape index (κ3) is 4.74. The van der Waals surface area contributed by atoms with Crippen molar-refractivity contribution >= 4 is 55.4 Å². The molecule has 4 rings (SSSR count). The standard InChI is InChI=1S/C19H17Cl2N3O3S2/c20-14-9-15(21)11-16(10-14)22-19-23-18(12-28-19)13-1-3-17(4-2-13)29(25,26)24-5-7-27-8-6-24/h1-4,9-12H,5-8H2,(H,22,23). The molecule has 0 aliphatic carbocycles. The molecule has 0 bridgehead atoms. The number of aromatic nitrogens is 1. The van der Waals surface area contributed by atoms with Gasteiger partial charge in [0.25, 0.3) is 0 Å². The molecule has 0 unspecified atom stereocenters. The molecule has 152 valence electrons. The minimum atomic E-state index is -3.51. The summed E-state index contributed by atoms with van der Waals surface area (Å²) < 4.78 is 32.1. The number of hydrogen-bond acceptors (Lipinski definition) is 6. The zero-order chi connectivity index (χ0) is 20.4. The van der Waals surface area contributed by atoms with Gasteiger partial charge in [0.05, 0.1) is 23.8 Å². The first kappa shape index (κ1) is 20.6. The van der Waals surface area contributed by atoms with Crippen molar-refractivity contribution < 1.29 is 13.2 Å². The summed E-state index contributed by atoms with van der Waals surface area (Å²) in [6.07, 6.45) is 0. The molecule has 0 atom stereocenters. The molecule has 2 heterocycles. The lowest BCUT2D eigenvalue weighted by Crippen LogP contribution is -2.40. The van der Waals surface area contributed by atoms with Gasteiger partial charge in [0.15, 0.2) is 5.13 Å². The third-order valence-electron chi connectivity index (χ3n) is 4.38. The van der Waals surface area contributed by atoms with Crippen LogP contribution >= 0.6 is 34.5 Å². The van der Waals surface area contributed by atoms with Crippen molar-refractivity contribution in [1.82, 2.24) is 9.29 Å². The van der Waals surface area contributed by atoms with Gasteiger partial charge in [-0.1, -0.05) is 35.3 Å². The Balaban J connectivity index is 1.51. The number of benzene rings is 2. The Morgan fingerprint density at radius 2 is 1.69 bits per heavy atom. The van der Waals surface area contributed by atoms with Crippen LogP contribution in [0.2, 0.25) is 10.0 Å². The predicted octanol–water partition coefficient (Wildman–Crippen LogP) is 4.88. The minimum Gasteiger partial charge on any atom is -0.379 e. The number of thiazole rings is 1. The molecule has 0 amide bonds. The number of nitrogens with zero attached hydrogens (tertiary/aromatic N) is 2. The molecule has 0 spiro atoms. The average molecular weight is 470 g/mol. The van der Waals surface area contributed by atoms with E-state index in [1.807, 2.05) is 5.38 Å². The smallest absolute Gasteiger partial charge is 0.243 e. The molecule has 1 aliphatic rings. The summed E-state index contributed by atoms with van der Waals surface area (Å²) in [7, 11) is -3.51. The first-order valence-corrected chi connectivity index (χ1v) is 11.9. The lowest BCUT2D eigenvalue weighted by Gasteiger charge is -2.26. The Morgan fingerprint density at radius 1 is 1.03 bits per heavy atom. The molecule has 0 radical (unpaired) electrons. The van der Waals surface area contributed by atoms with E-state index in [9.17, 15) is 8.42 Å². The maximum Gasteiger partial charge on any atom is 0.243 e. The number of nitrogens with one attached hydrogen (secondary N) is 1. The van der Waals surface area contributed by atoms with Crippen molar-refractivity contribution in [3.8, 4) is 11.3 Å². The molecule has 1 aliphatic heterocycles. The number of halogens is 2. The van der Waals surface area contributed by atoms with E-state index in [2.05, 4.69) is 10.3 Å². The fourth-order valence-electron chi connectivity index (χ4n) is 2.95. The Hall–Kier alpha value is -1.68. The van der Waals surface area contributed by atoms with Crippen molar-refractivity contribution in [2.24, 2.45) is 0 Å². The van der Waals surface area contributed by atoms with Gasteiger partial charge in [0, 0.05) is 39.8 Å². The molecular formula is C19H17Cl2N3O3S2. The Bertz CT molecular complexity index is 1090. The number of hydrogen-bond donors (Lipinski definition) is 1. The molecule has 1 fully saturated rings. The van der Waals surface area contributed by atoms with Gasteiger partial charge in [-0.05, 0) is 30.3 Å². The summed E-state index contributed by atoms with van der Waals surface area (Å²) in [5, 5.41) is 6.84. The van der Waals surface area contributed by atoms with Crippen molar-refractivity contribution in [2.75, 3.05) is 31.6 Å². The lowest BCUT2D eigenvalue weighted by atomic mass is 10.2. The summed E-state index contributed by atoms with van der Waals surface area (Å²) in [5.74, 6) is 0. The Kier molecular flexibility index (Phi) is 6.10. The molecule has 6 nitrogen and oxygen atoms in total. The van der Waals surface area contributed by atoms with E-state index in [-0.39, 0.29) is 4.90 Å². The highest BCUT2D eigenvalue weighted by Gasteiger charge is 2.26. The van der Waals surface area contributed by atoms with Crippen LogP contribution < -0.4 is 5.32 Å². The fourth-order valence-corrected chi connectivity index (χ4v) is 5.62. The van der Waals surface area contributed by atoms with Gasteiger partial charge >= 0.3 is 0 Å². The van der Waals surface area contributed by atoms with Crippen LogP contribution in [-0.2, 0) is 14.8 Å². The highest BCUT2D eigenvalue weighted by atomic mass is 35.5. The third-order valence-corrected chi connectivity index (χ3v) is 7.48. The van der Waals surface area contributed by atoms with Crippen LogP contribution in [0.3, 0.4) is 0 Å². The summed E-state index contributed by atoms with van der Waals surface area (Å²) in [4.78, 5) is 4.83. The van der Waals surface area contributed by atoms with E-state index in [4.69, 9.17) is 27.9 Å². The van der Waals surface area contributed by atoms with E-state index < -0.39 is 10.0 Å². The van der Waals surface area contributed by atoms with Crippen LogP contribution in [0.25, 0.3) is 11.3 Å². The van der Waals surface area contributed by atoms with Gasteiger partial charge < -0.3 is 10.1 Å². The number of morpholine rings is 1. The fraction of sp³-hybridized carbons (Fsp3) is 0.211. The summed E-state index contributed by atoms with van der Waals surface area (Å²) in [6.45, 7) is 1.59. The maximum absolute atomic E-state index is 12.7. The quantitative estimate of drug-likeness (QED) is 0.576. The molecule has 29 heavy (non-hydrogen) atoms. The van der Waals surface area contributed by atoms with E-state index in [0.717, 1.165) is 16.9 Å². The summed E-state index contributed by atoms with van der Waals surface area (Å²) >= 11 is 13.5. The van der Waals surface area contributed by atoms with Crippen LogP contribution in [0.5, 0.6) is 0 Å². The highest BCUT2D eigenvalue weighted by molar-refractivity contribution is 7.89. The maximum atomic E-state index is 12.7. The second kappa shape index (κ2) is 8.59. The Morgan fingerprint density at radius 3 is 2.34 bits per heavy atom. The van der Waals surface area contributed by atoms with Crippen LogP contribution in [0.1, 0.15) is 0 Å². The molecule has 1 saturated heterocycles. The average Bonchev–Trinajstić information content (AvgIpc) is 3.16. The zero-order valence-electron chi connectivity index (χ0n) is 15.1. The number of rotatable bonds is 5. The minimum absolute atomic E-state index is 0.269. The molecule has 1 aromatic heterocycles. The van der Waals surface area contributed by atoms with Crippen molar-refractivity contribution in [3.63, 3.8) is 0 Å². The Labute approximate surface area is 183 Å². The topological polar surface area (TPSA) is 71.5 Å². The monoisotopic (exact) mass is 469 g/mol. The SMILES string of the molecule is O=S(=O)(c1ccc(-c2csc(Nc3cc(Cl)cc(Cl)c3)n2)cc1)N1CCOCC1. The molecule has 2 aromatic carbocycles. The van der Waals surface area contributed by atoms with Crippen molar-refractivity contribution in [1.29, 1.82) is 0 Å². The molecule has 3 aromatic rings. The van der Waals surface area contributed by atoms with Gasteiger partial charge in [0.1, 0.15) is 0 Å². The van der Waals surface area contributed by atoms with E-state index in [0.29, 0.717) is 41.5 Å². The van der Waals surface area contributed by atoms with Gasteiger partial charge in [-0.25, -0.2) is 13.4 Å². The van der Waals surface area contributed by atoms with Crippen LogP contribution in [0.4, 0.5) is 10.8 Å².